The van der Waals surface area contributed by atoms with Crippen LogP contribution in [0.4, 0.5) is 0 Å². The molecule has 0 bridgehead atoms. The molecule has 0 saturated carbocycles. The smallest absolute Gasteiger partial charge is 0.00994 e. The van der Waals surface area contributed by atoms with E-state index < -0.39 is 0 Å². The first-order valence-electron chi connectivity index (χ1n) is 6.70. The first-order valence-corrected chi connectivity index (χ1v) is 6.70. The van der Waals surface area contributed by atoms with Crippen molar-refractivity contribution in [1.29, 1.82) is 0 Å². The van der Waals surface area contributed by atoms with Crippen molar-refractivity contribution < 1.29 is 0 Å². The summed E-state index contributed by atoms with van der Waals surface area (Å²) < 4.78 is 0. The molecule has 0 spiro atoms. The minimum absolute atomic E-state index is 1.02. The molecule has 0 unspecified atom stereocenters. The van der Waals surface area contributed by atoms with E-state index in [0.717, 1.165) is 16.0 Å². The van der Waals surface area contributed by atoms with E-state index in [4.69, 9.17) is 0 Å². The molecule has 3 aromatic rings. The molecule has 0 atom stereocenters. The summed E-state index contributed by atoms with van der Waals surface area (Å²) in [5, 5.41) is 4.65. The monoisotopic (exact) mass is 256 g/mol. The third kappa shape index (κ3) is 2.06. The fourth-order valence-corrected chi connectivity index (χ4v) is 2.61. The first kappa shape index (κ1) is 12.4. The molecule has 0 aliphatic heterocycles. The van der Waals surface area contributed by atoms with Gasteiger partial charge in [0.25, 0.3) is 0 Å². The summed E-state index contributed by atoms with van der Waals surface area (Å²) in [5.41, 5.74) is 2.33. The summed E-state index contributed by atoms with van der Waals surface area (Å²) in [6, 6.07) is 23.0. The van der Waals surface area contributed by atoms with E-state index in [2.05, 4.69) is 61.7 Å². The number of hydrogen-bond donors (Lipinski definition) is 0. The van der Waals surface area contributed by atoms with Crippen molar-refractivity contribution in [2.24, 2.45) is 0 Å². The van der Waals surface area contributed by atoms with Crippen LogP contribution in [0, 0.1) is 0 Å². The van der Waals surface area contributed by atoms with Gasteiger partial charge in [0.1, 0.15) is 0 Å². The third-order valence-corrected chi connectivity index (χ3v) is 3.59. The Morgan fingerprint density at radius 3 is 2.30 bits per heavy atom. The normalized spacial score (nSPS) is 12.2. The average Bonchev–Trinajstić information content (AvgIpc) is 2.50. The second-order valence-electron chi connectivity index (χ2n) is 4.80. The highest BCUT2D eigenvalue weighted by Gasteiger charge is 2.04. The predicted molar refractivity (Wildman–Crippen MR) is 87.9 cm³/mol. The molecule has 0 fully saturated rings. The Bertz CT molecular complexity index is 880. The SMILES string of the molecule is C=C/C(c1cccc2ccccc12)=c1/ccccc1=C. The van der Waals surface area contributed by atoms with Crippen molar-refractivity contribution in [3.8, 4) is 0 Å². The highest BCUT2D eigenvalue weighted by molar-refractivity contribution is 5.95. The summed E-state index contributed by atoms with van der Waals surface area (Å²) in [4.78, 5) is 0. The van der Waals surface area contributed by atoms with Crippen molar-refractivity contribution in [2.75, 3.05) is 0 Å². The highest BCUT2D eigenvalue weighted by atomic mass is 14.1. The third-order valence-electron chi connectivity index (χ3n) is 3.59. The van der Waals surface area contributed by atoms with E-state index in [1.165, 1.54) is 16.3 Å². The van der Waals surface area contributed by atoms with Crippen molar-refractivity contribution in [3.63, 3.8) is 0 Å². The van der Waals surface area contributed by atoms with E-state index >= 15 is 0 Å². The van der Waals surface area contributed by atoms with Gasteiger partial charge in [-0.15, -0.1) is 0 Å². The van der Waals surface area contributed by atoms with Crippen LogP contribution in [0.5, 0.6) is 0 Å². The second-order valence-corrected chi connectivity index (χ2v) is 4.80. The number of fused-ring (bicyclic) bond motifs is 1. The van der Waals surface area contributed by atoms with E-state index in [1.54, 1.807) is 0 Å². The fourth-order valence-electron chi connectivity index (χ4n) is 2.61. The maximum atomic E-state index is 4.13. The van der Waals surface area contributed by atoms with Crippen molar-refractivity contribution >= 4 is 22.9 Å². The maximum absolute atomic E-state index is 4.13. The van der Waals surface area contributed by atoms with Gasteiger partial charge in [-0.25, -0.2) is 0 Å². The van der Waals surface area contributed by atoms with Crippen LogP contribution >= 0.6 is 0 Å². The van der Waals surface area contributed by atoms with E-state index in [1.807, 2.05) is 24.3 Å². The Morgan fingerprint density at radius 2 is 1.50 bits per heavy atom. The average molecular weight is 256 g/mol. The van der Waals surface area contributed by atoms with Crippen LogP contribution in [0.1, 0.15) is 5.56 Å². The fraction of sp³-hybridized carbons (Fsp3) is 0. The Labute approximate surface area is 119 Å². The van der Waals surface area contributed by atoms with Crippen molar-refractivity contribution in [3.05, 3.63) is 95.4 Å². The lowest BCUT2D eigenvalue weighted by Crippen LogP contribution is -2.24. The lowest BCUT2D eigenvalue weighted by molar-refractivity contribution is 1.50. The molecule has 3 aromatic carbocycles. The van der Waals surface area contributed by atoms with Gasteiger partial charge in [0.2, 0.25) is 0 Å². The Hall–Kier alpha value is -2.60. The maximum Gasteiger partial charge on any atom is -0.00994 e. The molecular formula is C20H16. The summed E-state index contributed by atoms with van der Waals surface area (Å²) in [6.07, 6.45) is 1.92. The van der Waals surface area contributed by atoms with Crippen molar-refractivity contribution in [2.45, 2.75) is 0 Å². The quantitative estimate of drug-likeness (QED) is 0.657. The van der Waals surface area contributed by atoms with Crippen molar-refractivity contribution in [1.82, 2.24) is 0 Å². The van der Waals surface area contributed by atoms with E-state index in [-0.39, 0.29) is 0 Å². The van der Waals surface area contributed by atoms with Crippen LogP contribution in [0.15, 0.2) is 79.4 Å². The van der Waals surface area contributed by atoms with Crippen LogP contribution < -0.4 is 10.4 Å². The Kier molecular flexibility index (Phi) is 3.22. The molecule has 20 heavy (non-hydrogen) atoms. The standard InChI is InChI=1S/C20H16/c1-3-17(18-12-6-4-9-15(18)2)20-14-8-11-16-10-5-7-13-19(16)20/h3-14H,1-2H2/b18-17+. The molecule has 0 aromatic heterocycles. The minimum atomic E-state index is 1.02. The zero-order valence-corrected chi connectivity index (χ0v) is 11.3. The highest BCUT2D eigenvalue weighted by Crippen LogP contribution is 2.23. The molecular weight excluding hydrogens is 240 g/mol. The van der Waals surface area contributed by atoms with Gasteiger partial charge in [0.05, 0.1) is 0 Å². The second kappa shape index (κ2) is 5.18. The van der Waals surface area contributed by atoms with Gasteiger partial charge in [-0.3, -0.25) is 0 Å². The number of rotatable bonds is 2. The van der Waals surface area contributed by atoms with Gasteiger partial charge in [0, 0.05) is 0 Å². The zero-order chi connectivity index (χ0) is 13.9. The van der Waals surface area contributed by atoms with E-state index in [0.29, 0.717) is 0 Å². The lowest BCUT2D eigenvalue weighted by Gasteiger charge is -2.08. The molecule has 0 nitrogen and oxygen atoms in total. The van der Waals surface area contributed by atoms with Gasteiger partial charge >= 0.3 is 0 Å². The molecule has 96 valence electrons. The van der Waals surface area contributed by atoms with Gasteiger partial charge in [0.15, 0.2) is 0 Å². The number of allylic oxidation sites excluding steroid dienone is 1. The predicted octanol–water partition coefficient (Wildman–Crippen LogP) is 3.64. The number of benzene rings is 3. The molecule has 0 N–H and O–H groups in total. The number of hydrogen-bond acceptors (Lipinski definition) is 0. The first-order chi connectivity index (χ1) is 9.81. The molecule has 0 aliphatic carbocycles. The lowest BCUT2D eigenvalue weighted by atomic mass is 9.96. The molecule has 0 amide bonds. The van der Waals surface area contributed by atoms with E-state index in [9.17, 15) is 0 Å². The molecule has 0 radical (unpaired) electrons. The summed E-state index contributed by atoms with van der Waals surface area (Å²) >= 11 is 0. The topological polar surface area (TPSA) is 0 Å². The Morgan fingerprint density at radius 1 is 0.800 bits per heavy atom. The minimum Gasteiger partial charge on any atom is -0.0984 e. The summed E-state index contributed by atoms with van der Waals surface area (Å²) in [6.45, 7) is 8.12. The Balaban J connectivity index is 2.46. The molecule has 0 heteroatoms. The zero-order valence-electron chi connectivity index (χ0n) is 11.3. The largest absolute Gasteiger partial charge is 0.0984 e. The van der Waals surface area contributed by atoms with Crippen LogP contribution in [0.3, 0.4) is 0 Å². The molecule has 0 aliphatic rings. The van der Waals surface area contributed by atoms with Crippen LogP contribution in [0.25, 0.3) is 22.9 Å². The van der Waals surface area contributed by atoms with Crippen LogP contribution in [0.2, 0.25) is 0 Å². The molecule has 3 rings (SSSR count). The van der Waals surface area contributed by atoms with Gasteiger partial charge in [-0.1, -0.05) is 86.0 Å². The van der Waals surface area contributed by atoms with Crippen LogP contribution in [-0.2, 0) is 0 Å². The molecule has 0 saturated heterocycles. The summed E-state index contributed by atoms with van der Waals surface area (Å²) in [7, 11) is 0. The molecule has 0 heterocycles. The van der Waals surface area contributed by atoms with Crippen LogP contribution in [-0.4, -0.2) is 0 Å². The summed E-state index contributed by atoms with van der Waals surface area (Å²) in [5.74, 6) is 0. The van der Waals surface area contributed by atoms with Gasteiger partial charge in [-0.05, 0) is 32.3 Å². The van der Waals surface area contributed by atoms with Gasteiger partial charge in [-0.2, -0.15) is 0 Å². The van der Waals surface area contributed by atoms with Gasteiger partial charge < -0.3 is 0 Å².